The third-order valence-corrected chi connectivity index (χ3v) is 5.74. The first-order chi connectivity index (χ1) is 13.3. The van der Waals surface area contributed by atoms with Crippen molar-refractivity contribution in [3.63, 3.8) is 0 Å². The lowest BCUT2D eigenvalue weighted by Crippen LogP contribution is -2.12. The summed E-state index contributed by atoms with van der Waals surface area (Å²) in [6.07, 6.45) is 2.07. The van der Waals surface area contributed by atoms with Crippen LogP contribution in [0.3, 0.4) is 0 Å². The van der Waals surface area contributed by atoms with Gasteiger partial charge in [0.05, 0.1) is 11.4 Å². The number of carbonyl (C=O) groups is 1. The zero-order valence-electron chi connectivity index (χ0n) is 14.6. The van der Waals surface area contributed by atoms with Gasteiger partial charge in [0.2, 0.25) is 0 Å². The van der Waals surface area contributed by atoms with E-state index < -0.39 is 0 Å². The second-order valence-electron chi connectivity index (χ2n) is 6.51. The summed E-state index contributed by atoms with van der Waals surface area (Å²) in [5.41, 5.74) is 3.25. The van der Waals surface area contributed by atoms with E-state index in [2.05, 4.69) is 16.1 Å². The largest absolute Gasteiger partial charge is 0.325 e. The molecule has 1 aliphatic heterocycles. The fourth-order valence-electron chi connectivity index (χ4n) is 3.38. The zero-order chi connectivity index (χ0) is 18.2. The first-order valence-corrected chi connectivity index (χ1v) is 9.86. The molecule has 3 aromatic carbocycles. The molecule has 0 bridgehead atoms. The number of nitrogens with one attached hydrogen (secondary N) is 1. The number of aromatic nitrogens is 2. The number of anilines is 1. The molecular weight excluding hydrogens is 354 g/mol. The summed E-state index contributed by atoms with van der Waals surface area (Å²) in [5, 5.41) is 6.28. The van der Waals surface area contributed by atoms with Gasteiger partial charge < -0.3 is 9.88 Å². The van der Waals surface area contributed by atoms with E-state index in [1.165, 1.54) is 0 Å². The van der Waals surface area contributed by atoms with Crippen LogP contribution in [0, 0.1) is 0 Å². The van der Waals surface area contributed by atoms with E-state index in [1.807, 2.05) is 66.7 Å². The van der Waals surface area contributed by atoms with Crippen LogP contribution in [0.4, 0.5) is 5.69 Å². The van der Waals surface area contributed by atoms with E-state index in [-0.39, 0.29) is 5.91 Å². The van der Waals surface area contributed by atoms with Gasteiger partial charge in [-0.3, -0.25) is 4.79 Å². The van der Waals surface area contributed by atoms with Crippen LogP contribution >= 0.6 is 11.8 Å². The van der Waals surface area contributed by atoms with Gasteiger partial charge in [0.25, 0.3) is 5.91 Å². The number of hydrogen-bond donors (Lipinski definition) is 1. The van der Waals surface area contributed by atoms with Crippen molar-refractivity contribution in [2.45, 2.75) is 11.7 Å². The first-order valence-electron chi connectivity index (χ1n) is 8.87. The smallest absolute Gasteiger partial charge is 0.255 e. The van der Waals surface area contributed by atoms with Crippen molar-refractivity contribution in [2.75, 3.05) is 11.1 Å². The Morgan fingerprint density at radius 2 is 1.81 bits per heavy atom. The summed E-state index contributed by atoms with van der Waals surface area (Å²) in [4.78, 5) is 17.6. The van der Waals surface area contributed by atoms with Gasteiger partial charge in [-0.25, -0.2) is 4.98 Å². The number of rotatable bonds is 3. The van der Waals surface area contributed by atoms with Crippen molar-refractivity contribution in [2.24, 2.45) is 0 Å². The standard InChI is InChI=1S/C22H17N3OS/c26-21(17-10-9-15-5-1-2-6-16(15)13-17)23-19-8-4-3-7-18(19)20-14-25-11-12-27-22(25)24-20/h1-10,13-14H,11-12H2,(H,23,26). The summed E-state index contributed by atoms with van der Waals surface area (Å²) in [6.45, 7) is 0.985. The molecule has 27 heavy (non-hydrogen) atoms. The monoisotopic (exact) mass is 371 g/mol. The minimum Gasteiger partial charge on any atom is -0.325 e. The van der Waals surface area contributed by atoms with E-state index >= 15 is 0 Å². The topological polar surface area (TPSA) is 46.9 Å². The van der Waals surface area contributed by atoms with Crippen LogP contribution in [0.1, 0.15) is 10.4 Å². The van der Waals surface area contributed by atoms with Crippen molar-refractivity contribution in [3.05, 3.63) is 78.5 Å². The number of benzene rings is 3. The Kier molecular flexibility index (Phi) is 3.94. The van der Waals surface area contributed by atoms with Crippen LogP contribution in [-0.4, -0.2) is 21.2 Å². The van der Waals surface area contributed by atoms with E-state index in [0.717, 1.165) is 45.2 Å². The number of carbonyl (C=O) groups excluding carboxylic acids is 1. The Bertz CT molecular complexity index is 1140. The summed E-state index contributed by atoms with van der Waals surface area (Å²) in [7, 11) is 0. The van der Waals surface area contributed by atoms with E-state index in [1.54, 1.807) is 11.8 Å². The Labute approximate surface area is 161 Å². The lowest BCUT2D eigenvalue weighted by molar-refractivity contribution is 0.102. The number of aryl methyl sites for hydroxylation is 1. The lowest BCUT2D eigenvalue weighted by atomic mass is 10.1. The molecular formula is C22H17N3OS. The molecule has 0 atom stereocenters. The van der Waals surface area contributed by atoms with Gasteiger partial charge >= 0.3 is 0 Å². The number of fused-ring (bicyclic) bond motifs is 2. The molecule has 1 amide bonds. The quantitative estimate of drug-likeness (QED) is 0.547. The minimum absolute atomic E-state index is 0.116. The highest BCUT2D eigenvalue weighted by atomic mass is 32.2. The molecule has 132 valence electrons. The molecule has 4 nitrogen and oxygen atoms in total. The number of hydrogen-bond acceptors (Lipinski definition) is 3. The number of nitrogens with zero attached hydrogens (tertiary/aromatic N) is 2. The normalized spacial score (nSPS) is 12.9. The molecule has 0 aliphatic carbocycles. The van der Waals surface area contributed by atoms with E-state index in [9.17, 15) is 4.79 Å². The first kappa shape index (κ1) is 16.1. The number of thioether (sulfide) groups is 1. The summed E-state index contributed by atoms with van der Waals surface area (Å²) in [6, 6.07) is 21.6. The van der Waals surface area contributed by atoms with E-state index in [4.69, 9.17) is 4.98 Å². The maximum Gasteiger partial charge on any atom is 0.255 e. The SMILES string of the molecule is O=C(Nc1ccccc1-c1cn2c(n1)SCC2)c1ccc2ccccc2c1. The molecule has 0 saturated heterocycles. The average Bonchev–Trinajstić information content (AvgIpc) is 3.30. The van der Waals surface area contributed by atoms with Gasteiger partial charge in [-0.2, -0.15) is 0 Å². The van der Waals surface area contributed by atoms with Crippen molar-refractivity contribution in [1.82, 2.24) is 9.55 Å². The van der Waals surface area contributed by atoms with Gasteiger partial charge in [-0.15, -0.1) is 0 Å². The molecule has 0 saturated carbocycles. The molecule has 1 aromatic heterocycles. The average molecular weight is 371 g/mol. The maximum atomic E-state index is 12.8. The van der Waals surface area contributed by atoms with Crippen LogP contribution in [0.5, 0.6) is 0 Å². The Morgan fingerprint density at radius 1 is 1.00 bits per heavy atom. The molecule has 0 spiro atoms. The Morgan fingerprint density at radius 3 is 2.70 bits per heavy atom. The Hall–Kier alpha value is -3.05. The molecule has 0 unspecified atom stereocenters. The lowest BCUT2D eigenvalue weighted by Gasteiger charge is -2.10. The highest BCUT2D eigenvalue weighted by Crippen LogP contribution is 2.32. The second-order valence-corrected chi connectivity index (χ2v) is 7.57. The predicted molar refractivity (Wildman–Crippen MR) is 110 cm³/mol. The van der Waals surface area contributed by atoms with Crippen molar-refractivity contribution < 1.29 is 4.79 Å². The molecule has 1 aliphatic rings. The maximum absolute atomic E-state index is 12.8. The minimum atomic E-state index is -0.116. The predicted octanol–water partition coefficient (Wildman–Crippen LogP) is 5.06. The molecule has 0 fully saturated rings. The molecule has 0 radical (unpaired) electrons. The molecule has 5 rings (SSSR count). The second kappa shape index (κ2) is 6.59. The fourth-order valence-corrected chi connectivity index (χ4v) is 4.32. The highest BCUT2D eigenvalue weighted by molar-refractivity contribution is 7.99. The number of imidazole rings is 1. The molecule has 1 N–H and O–H groups in total. The van der Waals surface area contributed by atoms with Gasteiger partial charge in [-0.05, 0) is 29.0 Å². The van der Waals surface area contributed by atoms with Gasteiger partial charge in [0.15, 0.2) is 5.16 Å². The van der Waals surface area contributed by atoms with Crippen LogP contribution in [0.25, 0.3) is 22.0 Å². The van der Waals surface area contributed by atoms with Crippen molar-refractivity contribution in [3.8, 4) is 11.3 Å². The summed E-state index contributed by atoms with van der Waals surface area (Å²) >= 11 is 1.77. The van der Waals surface area contributed by atoms with E-state index in [0.29, 0.717) is 5.56 Å². The number of para-hydroxylation sites is 1. The van der Waals surface area contributed by atoms with Gasteiger partial charge in [0, 0.05) is 29.6 Å². The van der Waals surface area contributed by atoms with Crippen molar-refractivity contribution in [1.29, 1.82) is 0 Å². The summed E-state index contributed by atoms with van der Waals surface area (Å²) in [5.74, 6) is 0.956. The Balaban J connectivity index is 1.47. The van der Waals surface area contributed by atoms with Gasteiger partial charge in [-0.1, -0.05) is 60.3 Å². The third kappa shape index (κ3) is 3.00. The van der Waals surface area contributed by atoms with Crippen LogP contribution < -0.4 is 5.32 Å². The summed E-state index contributed by atoms with van der Waals surface area (Å²) < 4.78 is 2.17. The van der Waals surface area contributed by atoms with Crippen molar-refractivity contribution >= 4 is 34.1 Å². The van der Waals surface area contributed by atoms with Crippen LogP contribution in [-0.2, 0) is 6.54 Å². The third-order valence-electron chi connectivity index (χ3n) is 4.77. The zero-order valence-corrected chi connectivity index (χ0v) is 15.4. The van der Waals surface area contributed by atoms with Gasteiger partial charge in [0.1, 0.15) is 0 Å². The van der Waals surface area contributed by atoms with Crippen LogP contribution in [0.2, 0.25) is 0 Å². The number of amides is 1. The molecule has 2 heterocycles. The highest BCUT2D eigenvalue weighted by Gasteiger charge is 2.18. The molecule has 5 heteroatoms. The van der Waals surface area contributed by atoms with Crippen LogP contribution in [0.15, 0.2) is 78.1 Å². The molecule has 4 aromatic rings. The fraction of sp³-hybridized carbons (Fsp3) is 0.0909.